The summed E-state index contributed by atoms with van der Waals surface area (Å²) in [7, 11) is 0. The summed E-state index contributed by atoms with van der Waals surface area (Å²) in [6, 6.07) is 18.5. The minimum Gasteiger partial charge on any atom is -0.489 e. The monoisotopic (exact) mass is 324 g/mol. The van der Waals surface area contributed by atoms with E-state index in [4.69, 9.17) is 9.47 Å². The van der Waals surface area contributed by atoms with Crippen LogP contribution in [0.25, 0.3) is 21.5 Å². The van der Waals surface area contributed by atoms with Gasteiger partial charge in [-0.1, -0.05) is 61.9 Å². The van der Waals surface area contributed by atoms with Crippen LogP contribution in [-0.4, -0.2) is 31.0 Å². The highest BCUT2D eigenvalue weighted by Gasteiger charge is 2.11. The van der Waals surface area contributed by atoms with Gasteiger partial charge in [0.1, 0.15) is 18.5 Å². The first kappa shape index (κ1) is 16.7. The van der Waals surface area contributed by atoms with Gasteiger partial charge in [0.05, 0.1) is 6.61 Å². The average molecular weight is 324 g/mol. The maximum Gasteiger partial charge on any atom is 0.135 e. The highest BCUT2D eigenvalue weighted by molar-refractivity contribution is 6.05. The van der Waals surface area contributed by atoms with Crippen LogP contribution in [-0.2, 0) is 4.74 Å². The normalized spacial score (nSPS) is 12.6. The zero-order chi connectivity index (χ0) is 16.8. The molecule has 0 radical (unpaired) electrons. The molecule has 0 spiro atoms. The predicted octanol–water partition coefficient (Wildman–Crippen LogP) is 4.55. The highest BCUT2D eigenvalue weighted by Crippen LogP contribution is 2.34. The number of ether oxygens (including phenoxy) is 2. The quantitative estimate of drug-likeness (QED) is 0.488. The van der Waals surface area contributed by atoms with Crippen LogP contribution in [0.5, 0.6) is 5.75 Å². The number of aliphatic hydroxyl groups is 1. The van der Waals surface area contributed by atoms with Gasteiger partial charge >= 0.3 is 0 Å². The van der Waals surface area contributed by atoms with Gasteiger partial charge in [-0.25, -0.2) is 0 Å². The summed E-state index contributed by atoms with van der Waals surface area (Å²) in [6.07, 6.45) is 1.48. The van der Waals surface area contributed by atoms with Crippen LogP contribution in [0.3, 0.4) is 0 Å². The molecule has 0 saturated heterocycles. The molecule has 0 aliphatic rings. The van der Waals surface area contributed by atoms with Crippen molar-refractivity contribution in [2.24, 2.45) is 0 Å². The van der Waals surface area contributed by atoms with E-state index in [2.05, 4.69) is 37.3 Å². The molecule has 1 atom stereocenters. The lowest BCUT2D eigenvalue weighted by molar-refractivity contribution is 0.0119. The van der Waals surface area contributed by atoms with Gasteiger partial charge < -0.3 is 14.6 Å². The number of benzene rings is 3. The molecule has 3 nitrogen and oxygen atoms in total. The van der Waals surface area contributed by atoms with Gasteiger partial charge in [-0.2, -0.15) is 0 Å². The maximum atomic E-state index is 10.1. The number of rotatable bonds is 8. The summed E-state index contributed by atoms with van der Waals surface area (Å²) < 4.78 is 11.5. The molecule has 0 amide bonds. The molecular weight excluding hydrogens is 300 g/mol. The van der Waals surface area contributed by atoms with E-state index in [1.165, 1.54) is 0 Å². The summed E-state index contributed by atoms with van der Waals surface area (Å²) in [6.45, 7) is 3.34. The molecule has 0 saturated carbocycles. The van der Waals surface area contributed by atoms with E-state index in [1.807, 2.05) is 24.3 Å². The fourth-order valence-electron chi connectivity index (χ4n) is 2.82. The lowest BCUT2D eigenvalue weighted by Crippen LogP contribution is -2.23. The van der Waals surface area contributed by atoms with Crippen molar-refractivity contribution in [1.29, 1.82) is 0 Å². The van der Waals surface area contributed by atoms with Crippen LogP contribution < -0.4 is 4.74 Å². The molecule has 0 heterocycles. The van der Waals surface area contributed by atoms with Gasteiger partial charge in [0.15, 0.2) is 0 Å². The lowest BCUT2D eigenvalue weighted by Gasteiger charge is -2.16. The van der Waals surface area contributed by atoms with Crippen molar-refractivity contribution in [2.75, 3.05) is 19.8 Å². The number of hydrogen-bond donors (Lipinski definition) is 1. The Kier molecular flexibility index (Phi) is 5.68. The van der Waals surface area contributed by atoms with Gasteiger partial charge in [0, 0.05) is 17.4 Å². The van der Waals surface area contributed by atoms with E-state index in [9.17, 15) is 5.11 Å². The second-order valence-electron chi connectivity index (χ2n) is 6.04. The van der Waals surface area contributed by atoms with Crippen LogP contribution in [0.2, 0.25) is 0 Å². The Balaban J connectivity index is 1.79. The van der Waals surface area contributed by atoms with Crippen molar-refractivity contribution < 1.29 is 14.6 Å². The molecule has 126 valence electrons. The molecule has 0 aromatic heterocycles. The molecule has 0 aliphatic heterocycles. The Labute approximate surface area is 142 Å². The van der Waals surface area contributed by atoms with Crippen LogP contribution in [0.4, 0.5) is 0 Å². The number of fused-ring (bicyclic) bond motifs is 2. The van der Waals surface area contributed by atoms with Crippen LogP contribution in [0.1, 0.15) is 19.8 Å². The Morgan fingerprint density at radius 1 is 0.917 bits per heavy atom. The summed E-state index contributed by atoms with van der Waals surface area (Å²) in [5.41, 5.74) is 0. The third kappa shape index (κ3) is 3.86. The number of aliphatic hydroxyl groups excluding tert-OH is 1. The van der Waals surface area contributed by atoms with Crippen molar-refractivity contribution in [1.82, 2.24) is 0 Å². The first-order valence-electron chi connectivity index (χ1n) is 8.58. The molecule has 3 aromatic rings. The summed E-state index contributed by atoms with van der Waals surface area (Å²) in [5, 5.41) is 14.5. The molecular formula is C21H24O3. The smallest absolute Gasteiger partial charge is 0.135 e. The summed E-state index contributed by atoms with van der Waals surface area (Å²) in [4.78, 5) is 0. The summed E-state index contributed by atoms with van der Waals surface area (Å²) >= 11 is 0. The van der Waals surface area contributed by atoms with E-state index < -0.39 is 6.10 Å². The Morgan fingerprint density at radius 2 is 1.54 bits per heavy atom. The van der Waals surface area contributed by atoms with Gasteiger partial charge in [-0.3, -0.25) is 0 Å². The van der Waals surface area contributed by atoms with Gasteiger partial charge in [-0.05, 0) is 23.3 Å². The van der Waals surface area contributed by atoms with Crippen molar-refractivity contribution in [3.8, 4) is 5.75 Å². The molecule has 24 heavy (non-hydrogen) atoms. The standard InChI is InChI=1S/C21H24O3/c1-2-3-12-23-14-18(22)15-24-21-19-10-6-4-8-16(19)13-17-9-5-7-11-20(17)21/h4-11,13,18,22H,2-3,12,14-15H2,1H3. The maximum absolute atomic E-state index is 10.1. The first-order valence-corrected chi connectivity index (χ1v) is 8.58. The van der Waals surface area contributed by atoms with E-state index in [1.54, 1.807) is 0 Å². The third-order valence-corrected chi connectivity index (χ3v) is 4.09. The lowest BCUT2D eigenvalue weighted by atomic mass is 10.0. The zero-order valence-electron chi connectivity index (χ0n) is 14.1. The number of unbranched alkanes of at least 4 members (excludes halogenated alkanes) is 1. The van der Waals surface area contributed by atoms with E-state index in [0.717, 1.165) is 40.1 Å². The second-order valence-corrected chi connectivity index (χ2v) is 6.04. The van der Waals surface area contributed by atoms with Crippen molar-refractivity contribution in [2.45, 2.75) is 25.9 Å². The Hall–Kier alpha value is -2.10. The predicted molar refractivity (Wildman–Crippen MR) is 98.7 cm³/mol. The van der Waals surface area contributed by atoms with Crippen LogP contribution >= 0.6 is 0 Å². The summed E-state index contributed by atoms with van der Waals surface area (Å²) in [5.74, 6) is 0.830. The first-order chi connectivity index (χ1) is 11.8. The van der Waals surface area contributed by atoms with Crippen molar-refractivity contribution in [3.05, 3.63) is 54.6 Å². The average Bonchev–Trinajstić information content (AvgIpc) is 2.62. The largest absolute Gasteiger partial charge is 0.489 e. The van der Waals surface area contributed by atoms with E-state index >= 15 is 0 Å². The second kappa shape index (κ2) is 8.13. The Bertz CT molecular complexity index is 743. The molecule has 0 bridgehead atoms. The van der Waals surface area contributed by atoms with Crippen molar-refractivity contribution in [3.63, 3.8) is 0 Å². The van der Waals surface area contributed by atoms with Gasteiger partial charge in [-0.15, -0.1) is 0 Å². The fraction of sp³-hybridized carbons (Fsp3) is 0.333. The third-order valence-electron chi connectivity index (χ3n) is 4.09. The molecule has 3 aromatic carbocycles. The molecule has 1 N–H and O–H groups in total. The van der Waals surface area contributed by atoms with Crippen molar-refractivity contribution >= 4 is 21.5 Å². The van der Waals surface area contributed by atoms with Crippen LogP contribution in [0, 0.1) is 0 Å². The molecule has 1 unspecified atom stereocenters. The fourth-order valence-corrected chi connectivity index (χ4v) is 2.82. The highest BCUT2D eigenvalue weighted by atomic mass is 16.5. The molecule has 3 rings (SSSR count). The van der Waals surface area contributed by atoms with Gasteiger partial charge in [0.25, 0.3) is 0 Å². The Morgan fingerprint density at radius 3 is 2.17 bits per heavy atom. The zero-order valence-corrected chi connectivity index (χ0v) is 14.1. The van der Waals surface area contributed by atoms with E-state index in [-0.39, 0.29) is 6.61 Å². The number of hydrogen-bond acceptors (Lipinski definition) is 3. The minimum atomic E-state index is -0.625. The SMILES string of the molecule is CCCCOCC(O)COc1c2ccccc2cc2ccccc12. The van der Waals surface area contributed by atoms with Gasteiger partial charge in [0.2, 0.25) is 0 Å². The topological polar surface area (TPSA) is 38.7 Å². The molecule has 0 aliphatic carbocycles. The molecule has 3 heteroatoms. The molecule has 0 fully saturated rings. The van der Waals surface area contributed by atoms with Crippen LogP contribution in [0.15, 0.2) is 54.6 Å². The minimum absolute atomic E-state index is 0.226. The van der Waals surface area contributed by atoms with E-state index in [0.29, 0.717) is 13.2 Å².